The summed E-state index contributed by atoms with van der Waals surface area (Å²) in [5.74, 6) is 1.12. The third kappa shape index (κ3) is 3.09. The molecule has 1 atom stereocenters. The quantitative estimate of drug-likeness (QED) is 0.747. The van der Waals surface area contributed by atoms with Crippen LogP contribution in [0.25, 0.3) is 0 Å². The Balaban J connectivity index is 1.99. The monoisotopic (exact) mass is 346 g/mol. The minimum Gasteiger partial charge on any atom is -0.392 e. The van der Waals surface area contributed by atoms with Gasteiger partial charge in [-0.25, -0.2) is 4.79 Å². The number of carbonyl (C=O) groups excluding carboxylic acids is 1. The van der Waals surface area contributed by atoms with E-state index in [2.05, 4.69) is 4.98 Å². The first kappa shape index (κ1) is 16.4. The molecule has 126 valence electrons. The lowest BCUT2D eigenvalue weighted by atomic mass is 10.0. The van der Waals surface area contributed by atoms with Crippen molar-refractivity contribution in [2.45, 2.75) is 13.0 Å². The maximum atomic E-state index is 12.9. The second-order valence-electron chi connectivity index (χ2n) is 5.70. The van der Waals surface area contributed by atoms with Gasteiger partial charge in [-0.1, -0.05) is 29.8 Å². The number of nitrogens with two attached hydrogens (primary N) is 1. The SMILES string of the molecule is Cc1ccc([C@@H]2CSCCN2C(=O)c2[nH]c(=O)[nH]c(=O)c2N)cc1. The van der Waals surface area contributed by atoms with Crippen molar-refractivity contribution in [3.8, 4) is 0 Å². The van der Waals surface area contributed by atoms with Crippen LogP contribution in [0, 0.1) is 6.92 Å². The average molecular weight is 346 g/mol. The molecule has 1 aromatic heterocycles. The molecule has 3 rings (SSSR count). The number of rotatable bonds is 2. The van der Waals surface area contributed by atoms with Crippen molar-refractivity contribution in [3.63, 3.8) is 0 Å². The summed E-state index contributed by atoms with van der Waals surface area (Å²) in [5.41, 5.74) is 5.96. The normalized spacial score (nSPS) is 17.7. The molecule has 4 N–H and O–H groups in total. The van der Waals surface area contributed by atoms with Crippen molar-refractivity contribution < 1.29 is 4.79 Å². The van der Waals surface area contributed by atoms with E-state index in [0.29, 0.717) is 6.54 Å². The summed E-state index contributed by atoms with van der Waals surface area (Å²) < 4.78 is 0. The molecule has 24 heavy (non-hydrogen) atoms. The number of hydrogen-bond acceptors (Lipinski definition) is 5. The van der Waals surface area contributed by atoms with Gasteiger partial charge in [-0.05, 0) is 12.5 Å². The van der Waals surface area contributed by atoms with Gasteiger partial charge in [0.05, 0.1) is 6.04 Å². The van der Waals surface area contributed by atoms with E-state index >= 15 is 0 Å². The number of anilines is 1. The number of H-pyrrole nitrogens is 2. The fraction of sp³-hybridized carbons (Fsp3) is 0.312. The van der Waals surface area contributed by atoms with E-state index in [9.17, 15) is 14.4 Å². The molecule has 1 aromatic carbocycles. The molecule has 1 fully saturated rings. The number of aromatic nitrogens is 2. The largest absolute Gasteiger partial charge is 0.392 e. The van der Waals surface area contributed by atoms with E-state index in [1.165, 1.54) is 0 Å². The molecule has 1 aliphatic rings. The number of aromatic amines is 2. The summed E-state index contributed by atoms with van der Waals surface area (Å²) in [6, 6.07) is 7.87. The predicted octanol–water partition coefficient (Wildman–Crippen LogP) is 0.884. The van der Waals surface area contributed by atoms with Crippen LogP contribution >= 0.6 is 11.8 Å². The highest BCUT2D eigenvalue weighted by Crippen LogP contribution is 2.31. The topological polar surface area (TPSA) is 112 Å². The zero-order valence-electron chi connectivity index (χ0n) is 13.2. The third-order valence-corrected chi connectivity index (χ3v) is 5.07. The number of amides is 1. The fourth-order valence-corrected chi connectivity index (χ4v) is 3.81. The number of aryl methyl sites for hydroxylation is 1. The summed E-state index contributed by atoms with van der Waals surface area (Å²) in [5, 5.41) is 0. The molecule has 1 amide bonds. The van der Waals surface area contributed by atoms with Gasteiger partial charge in [0.25, 0.3) is 11.5 Å². The summed E-state index contributed by atoms with van der Waals surface area (Å²) in [6.45, 7) is 2.53. The summed E-state index contributed by atoms with van der Waals surface area (Å²) in [7, 11) is 0. The van der Waals surface area contributed by atoms with Crippen molar-refractivity contribution in [2.24, 2.45) is 0 Å². The Bertz CT molecular complexity index is 872. The minimum absolute atomic E-state index is 0.126. The van der Waals surface area contributed by atoms with Crippen molar-refractivity contribution in [2.75, 3.05) is 23.8 Å². The lowest BCUT2D eigenvalue weighted by Crippen LogP contribution is -2.43. The first-order valence-electron chi connectivity index (χ1n) is 7.54. The Morgan fingerprint density at radius 3 is 2.67 bits per heavy atom. The van der Waals surface area contributed by atoms with Crippen LogP contribution < -0.4 is 17.0 Å². The standard InChI is InChI=1S/C16H18N4O3S/c1-9-2-4-10(5-3-9)11-8-24-7-6-20(11)15(22)13-12(17)14(21)19-16(23)18-13/h2-5,11H,6-8,17H2,1H3,(H2,18,19,21,23)/t11-/m0/s1. The van der Waals surface area contributed by atoms with Gasteiger partial charge < -0.3 is 15.6 Å². The minimum atomic E-state index is -0.750. The van der Waals surface area contributed by atoms with Gasteiger partial charge in [0.1, 0.15) is 11.4 Å². The van der Waals surface area contributed by atoms with Crippen LogP contribution in [0.2, 0.25) is 0 Å². The molecule has 0 aliphatic carbocycles. The smallest absolute Gasteiger partial charge is 0.326 e. The first-order valence-corrected chi connectivity index (χ1v) is 8.70. The molecule has 0 radical (unpaired) electrons. The van der Waals surface area contributed by atoms with Gasteiger partial charge in [0, 0.05) is 18.1 Å². The van der Waals surface area contributed by atoms with E-state index in [4.69, 9.17) is 5.73 Å². The van der Waals surface area contributed by atoms with E-state index < -0.39 is 17.2 Å². The van der Waals surface area contributed by atoms with Crippen molar-refractivity contribution in [1.29, 1.82) is 0 Å². The number of benzene rings is 1. The molecular weight excluding hydrogens is 328 g/mol. The molecule has 8 heteroatoms. The van der Waals surface area contributed by atoms with Crippen LogP contribution in [-0.4, -0.2) is 38.8 Å². The highest BCUT2D eigenvalue weighted by Gasteiger charge is 2.31. The molecule has 2 heterocycles. The summed E-state index contributed by atoms with van der Waals surface area (Å²) >= 11 is 1.76. The predicted molar refractivity (Wildman–Crippen MR) is 94.4 cm³/mol. The number of nitrogen functional groups attached to an aromatic ring is 1. The van der Waals surface area contributed by atoms with E-state index in [1.807, 2.05) is 36.2 Å². The van der Waals surface area contributed by atoms with Crippen LogP contribution in [-0.2, 0) is 0 Å². The number of carbonyl (C=O) groups is 1. The zero-order valence-corrected chi connectivity index (χ0v) is 14.0. The average Bonchev–Trinajstić information content (AvgIpc) is 2.58. The molecule has 0 spiro atoms. The molecule has 2 aromatic rings. The third-order valence-electron chi connectivity index (χ3n) is 4.04. The Morgan fingerprint density at radius 1 is 1.25 bits per heavy atom. The van der Waals surface area contributed by atoms with Gasteiger partial charge in [-0.3, -0.25) is 14.6 Å². The molecule has 0 unspecified atom stereocenters. The first-order chi connectivity index (χ1) is 11.5. The van der Waals surface area contributed by atoms with Gasteiger partial charge in [-0.15, -0.1) is 0 Å². The maximum absolute atomic E-state index is 12.9. The number of thioether (sulfide) groups is 1. The second kappa shape index (κ2) is 6.56. The molecule has 0 saturated carbocycles. The summed E-state index contributed by atoms with van der Waals surface area (Å²) in [4.78, 5) is 42.1. The van der Waals surface area contributed by atoms with Crippen LogP contribution in [0.3, 0.4) is 0 Å². The van der Waals surface area contributed by atoms with E-state index in [0.717, 1.165) is 22.6 Å². The molecule has 1 aliphatic heterocycles. The number of hydrogen-bond donors (Lipinski definition) is 3. The highest BCUT2D eigenvalue weighted by atomic mass is 32.2. The zero-order chi connectivity index (χ0) is 17.3. The number of nitrogens with zero attached hydrogens (tertiary/aromatic N) is 1. The fourth-order valence-electron chi connectivity index (χ4n) is 2.72. The van der Waals surface area contributed by atoms with Gasteiger partial charge in [0.2, 0.25) is 0 Å². The molecule has 1 saturated heterocycles. The second-order valence-corrected chi connectivity index (χ2v) is 6.85. The molecule has 7 nitrogen and oxygen atoms in total. The van der Waals surface area contributed by atoms with Gasteiger partial charge in [-0.2, -0.15) is 11.8 Å². The molecule has 0 bridgehead atoms. The highest BCUT2D eigenvalue weighted by molar-refractivity contribution is 7.99. The van der Waals surface area contributed by atoms with E-state index in [-0.39, 0.29) is 17.4 Å². The summed E-state index contributed by atoms with van der Waals surface area (Å²) in [6.07, 6.45) is 0. The lowest BCUT2D eigenvalue weighted by Gasteiger charge is -2.35. The lowest BCUT2D eigenvalue weighted by molar-refractivity contribution is 0.0696. The van der Waals surface area contributed by atoms with Crippen molar-refractivity contribution in [1.82, 2.24) is 14.9 Å². The van der Waals surface area contributed by atoms with Gasteiger partial charge >= 0.3 is 5.69 Å². The van der Waals surface area contributed by atoms with Crippen molar-refractivity contribution >= 4 is 23.4 Å². The van der Waals surface area contributed by atoms with Crippen LogP contribution in [0.1, 0.15) is 27.7 Å². The Hall–Kier alpha value is -2.48. The van der Waals surface area contributed by atoms with Crippen LogP contribution in [0.4, 0.5) is 5.69 Å². The van der Waals surface area contributed by atoms with Crippen LogP contribution in [0.15, 0.2) is 33.9 Å². The van der Waals surface area contributed by atoms with Crippen LogP contribution in [0.5, 0.6) is 0 Å². The van der Waals surface area contributed by atoms with Gasteiger partial charge in [0.15, 0.2) is 0 Å². The Labute approximate surface area is 142 Å². The van der Waals surface area contributed by atoms with Crippen molar-refractivity contribution in [3.05, 3.63) is 61.9 Å². The van der Waals surface area contributed by atoms with E-state index in [1.54, 1.807) is 16.7 Å². The maximum Gasteiger partial charge on any atom is 0.326 e. The Morgan fingerprint density at radius 2 is 1.96 bits per heavy atom. The Kier molecular flexibility index (Phi) is 4.48. The molecular formula is C16H18N4O3S. The number of nitrogens with one attached hydrogen (secondary N) is 2.